The Labute approximate surface area is 175 Å². The monoisotopic (exact) mass is 398 g/mol. The fraction of sp³-hybridized carbons (Fsp3) is 0.120. The average molecular weight is 398 g/mol. The van der Waals surface area contributed by atoms with E-state index in [9.17, 15) is 0 Å². The second kappa shape index (κ2) is 9.56. The highest BCUT2D eigenvalue weighted by molar-refractivity contribution is 5.74. The molecular weight excluding hydrogens is 376 g/mol. The summed E-state index contributed by atoms with van der Waals surface area (Å²) in [5, 5.41) is 0. The molecule has 0 spiro atoms. The first-order valence-electron chi connectivity index (χ1n) is 9.72. The lowest BCUT2D eigenvalue weighted by Crippen LogP contribution is -2.02. The quantitative estimate of drug-likeness (QED) is 0.389. The van der Waals surface area contributed by atoms with Gasteiger partial charge in [-0.3, -0.25) is 0 Å². The van der Waals surface area contributed by atoms with Gasteiger partial charge >= 0.3 is 0 Å². The van der Waals surface area contributed by atoms with Gasteiger partial charge in [0.05, 0.1) is 19.9 Å². The number of aromatic nitrogens is 2. The summed E-state index contributed by atoms with van der Waals surface area (Å²) in [6.45, 7) is 0.565. The molecule has 0 saturated heterocycles. The zero-order valence-corrected chi connectivity index (χ0v) is 16.7. The van der Waals surface area contributed by atoms with E-state index in [1.165, 1.54) is 5.56 Å². The van der Waals surface area contributed by atoms with Crippen LogP contribution >= 0.6 is 0 Å². The summed E-state index contributed by atoms with van der Waals surface area (Å²) in [6, 6.07) is 25.4. The van der Waals surface area contributed by atoms with Crippen LogP contribution in [0.4, 0.5) is 0 Å². The van der Waals surface area contributed by atoms with Crippen molar-refractivity contribution in [2.24, 2.45) is 0 Å². The predicted octanol–water partition coefficient (Wildman–Crippen LogP) is 5.57. The van der Waals surface area contributed by atoms with Crippen molar-refractivity contribution in [1.29, 1.82) is 0 Å². The molecule has 5 nitrogen and oxygen atoms in total. The molecule has 150 valence electrons. The van der Waals surface area contributed by atoms with E-state index >= 15 is 0 Å². The SMILES string of the molecule is COc1ccccc1-c1cccnc1Oc1ccc(OCCc2ccccc2)nc1. The minimum absolute atomic E-state index is 0.488. The van der Waals surface area contributed by atoms with Crippen molar-refractivity contribution in [3.05, 3.63) is 96.8 Å². The van der Waals surface area contributed by atoms with Gasteiger partial charge in [-0.2, -0.15) is 0 Å². The molecule has 0 N–H and O–H groups in total. The Hall–Kier alpha value is -3.86. The maximum Gasteiger partial charge on any atom is 0.227 e. The first kappa shape index (κ1) is 19.5. The average Bonchev–Trinajstić information content (AvgIpc) is 2.81. The van der Waals surface area contributed by atoms with Gasteiger partial charge in [-0.15, -0.1) is 0 Å². The molecule has 0 fully saturated rings. The van der Waals surface area contributed by atoms with Gasteiger partial charge in [0.15, 0.2) is 0 Å². The number of nitrogens with zero attached hydrogens (tertiary/aromatic N) is 2. The van der Waals surface area contributed by atoms with Gasteiger partial charge in [0.1, 0.15) is 11.5 Å². The Bertz CT molecular complexity index is 1080. The van der Waals surface area contributed by atoms with E-state index in [2.05, 4.69) is 22.1 Å². The van der Waals surface area contributed by atoms with Crippen LogP contribution in [0.5, 0.6) is 23.3 Å². The maximum atomic E-state index is 6.01. The van der Waals surface area contributed by atoms with Crippen molar-refractivity contribution in [3.8, 4) is 34.4 Å². The molecule has 0 bridgehead atoms. The summed E-state index contributed by atoms with van der Waals surface area (Å²) in [7, 11) is 1.65. The second-order valence-corrected chi connectivity index (χ2v) is 6.57. The van der Waals surface area contributed by atoms with Crippen LogP contribution in [-0.4, -0.2) is 23.7 Å². The molecule has 30 heavy (non-hydrogen) atoms. The highest BCUT2D eigenvalue weighted by Gasteiger charge is 2.13. The van der Waals surface area contributed by atoms with Gasteiger partial charge in [-0.25, -0.2) is 9.97 Å². The largest absolute Gasteiger partial charge is 0.496 e. The van der Waals surface area contributed by atoms with Gasteiger partial charge in [0, 0.05) is 29.8 Å². The van der Waals surface area contributed by atoms with Crippen molar-refractivity contribution < 1.29 is 14.2 Å². The topological polar surface area (TPSA) is 53.5 Å². The molecule has 0 aliphatic heterocycles. The van der Waals surface area contributed by atoms with E-state index in [0.717, 1.165) is 23.3 Å². The lowest BCUT2D eigenvalue weighted by molar-refractivity contribution is 0.308. The first-order valence-corrected chi connectivity index (χ1v) is 9.72. The van der Waals surface area contributed by atoms with Crippen molar-refractivity contribution in [2.45, 2.75) is 6.42 Å². The Morgan fingerprint density at radius 1 is 0.767 bits per heavy atom. The van der Waals surface area contributed by atoms with Gasteiger partial charge in [0.25, 0.3) is 0 Å². The number of benzene rings is 2. The van der Waals surface area contributed by atoms with Crippen LogP contribution in [0.2, 0.25) is 0 Å². The summed E-state index contributed by atoms with van der Waals surface area (Å²) in [5.74, 6) is 2.39. The molecule has 5 heteroatoms. The molecule has 0 aliphatic carbocycles. The van der Waals surface area contributed by atoms with Gasteiger partial charge in [0.2, 0.25) is 11.8 Å². The highest BCUT2D eigenvalue weighted by Crippen LogP contribution is 2.36. The highest BCUT2D eigenvalue weighted by atomic mass is 16.5. The molecule has 0 radical (unpaired) electrons. The predicted molar refractivity (Wildman–Crippen MR) is 116 cm³/mol. The summed E-state index contributed by atoms with van der Waals surface area (Å²) >= 11 is 0. The Kier molecular flexibility index (Phi) is 6.20. The van der Waals surface area contributed by atoms with Crippen molar-refractivity contribution >= 4 is 0 Å². The fourth-order valence-corrected chi connectivity index (χ4v) is 3.09. The van der Waals surface area contributed by atoms with E-state index in [0.29, 0.717) is 24.1 Å². The normalized spacial score (nSPS) is 10.4. The number of pyridine rings is 2. The molecule has 0 amide bonds. The van der Waals surface area contributed by atoms with Crippen LogP contribution in [-0.2, 0) is 6.42 Å². The summed E-state index contributed by atoms with van der Waals surface area (Å²) in [6.07, 6.45) is 4.16. The van der Waals surface area contributed by atoms with Crippen LogP contribution in [0.1, 0.15) is 5.56 Å². The molecule has 4 rings (SSSR count). The molecule has 2 heterocycles. The molecular formula is C25H22N2O3. The van der Waals surface area contributed by atoms with E-state index in [4.69, 9.17) is 14.2 Å². The Morgan fingerprint density at radius 2 is 1.57 bits per heavy atom. The number of methoxy groups -OCH3 is 1. The smallest absolute Gasteiger partial charge is 0.227 e. The lowest BCUT2D eigenvalue weighted by atomic mass is 10.1. The van der Waals surface area contributed by atoms with Gasteiger partial charge in [-0.1, -0.05) is 48.5 Å². The van der Waals surface area contributed by atoms with Crippen LogP contribution in [0.25, 0.3) is 11.1 Å². The molecule has 2 aromatic heterocycles. The van der Waals surface area contributed by atoms with Crippen LogP contribution in [0.15, 0.2) is 91.3 Å². The van der Waals surface area contributed by atoms with E-state index in [1.807, 2.05) is 60.7 Å². The molecule has 0 saturated carbocycles. The van der Waals surface area contributed by atoms with Crippen molar-refractivity contribution in [1.82, 2.24) is 9.97 Å². The third kappa shape index (κ3) is 4.75. The maximum absolute atomic E-state index is 6.01. The first-order chi connectivity index (χ1) is 14.8. The molecule has 0 unspecified atom stereocenters. The van der Waals surface area contributed by atoms with Crippen molar-refractivity contribution in [2.75, 3.05) is 13.7 Å². The minimum Gasteiger partial charge on any atom is -0.496 e. The van der Waals surface area contributed by atoms with E-state index < -0.39 is 0 Å². The molecule has 0 atom stereocenters. The Balaban J connectivity index is 1.44. The number of hydrogen-bond donors (Lipinski definition) is 0. The third-order valence-corrected chi connectivity index (χ3v) is 4.58. The molecule has 0 aliphatic rings. The standard InChI is InChI=1S/C25H22N2O3/c1-28-23-12-6-5-10-21(23)22-11-7-16-26-25(22)30-20-13-14-24(27-18-20)29-17-15-19-8-3-2-4-9-19/h2-14,16,18H,15,17H2,1H3. The zero-order chi connectivity index (χ0) is 20.6. The van der Waals surface area contributed by atoms with Crippen molar-refractivity contribution in [3.63, 3.8) is 0 Å². The number of rotatable bonds is 8. The van der Waals surface area contributed by atoms with Gasteiger partial charge < -0.3 is 14.2 Å². The van der Waals surface area contributed by atoms with Crippen LogP contribution < -0.4 is 14.2 Å². The second-order valence-electron chi connectivity index (χ2n) is 6.57. The summed E-state index contributed by atoms with van der Waals surface area (Å²) in [4.78, 5) is 8.74. The van der Waals surface area contributed by atoms with E-state index in [1.54, 1.807) is 25.6 Å². The minimum atomic E-state index is 0.488. The molecule has 4 aromatic rings. The lowest BCUT2D eigenvalue weighted by Gasteiger charge is -2.13. The van der Waals surface area contributed by atoms with Crippen LogP contribution in [0.3, 0.4) is 0 Å². The summed E-state index contributed by atoms with van der Waals surface area (Å²) in [5.41, 5.74) is 2.99. The molecule has 2 aromatic carbocycles. The zero-order valence-electron chi connectivity index (χ0n) is 16.7. The van der Waals surface area contributed by atoms with Crippen LogP contribution in [0, 0.1) is 0 Å². The van der Waals surface area contributed by atoms with Gasteiger partial charge in [-0.05, 0) is 29.8 Å². The third-order valence-electron chi connectivity index (χ3n) is 4.58. The fourth-order valence-electron chi connectivity index (χ4n) is 3.09. The number of ether oxygens (including phenoxy) is 3. The van der Waals surface area contributed by atoms with E-state index in [-0.39, 0.29) is 0 Å². The summed E-state index contributed by atoms with van der Waals surface area (Å²) < 4.78 is 17.2. The number of para-hydroxylation sites is 1. The number of hydrogen-bond acceptors (Lipinski definition) is 5. The Morgan fingerprint density at radius 3 is 2.37 bits per heavy atom.